The van der Waals surface area contributed by atoms with Gasteiger partial charge in [-0.05, 0) is 44.6 Å². The van der Waals surface area contributed by atoms with Crippen molar-refractivity contribution in [2.75, 3.05) is 39.1 Å². The van der Waals surface area contributed by atoms with Gasteiger partial charge in [0.25, 0.3) is 0 Å². The van der Waals surface area contributed by atoms with Crippen molar-refractivity contribution < 1.29 is 0 Å². The van der Waals surface area contributed by atoms with Gasteiger partial charge in [0.15, 0.2) is 0 Å². The van der Waals surface area contributed by atoms with Gasteiger partial charge in [0, 0.05) is 37.6 Å². The summed E-state index contributed by atoms with van der Waals surface area (Å²) in [7, 11) is 2.35. The average Bonchev–Trinajstić information content (AvgIpc) is 2.58. The highest BCUT2D eigenvalue weighted by Gasteiger charge is 2.51. The molecule has 1 saturated heterocycles. The lowest BCUT2D eigenvalue weighted by Gasteiger charge is -2.59. The van der Waals surface area contributed by atoms with E-state index < -0.39 is 0 Å². The van der Waals surface area contributed by atoms with E-state index in [0.29, 0.717) is 5.54 Å². The van der Waals surface area contributed by atoms with Gasteiger partial charge in [0.05, 0.1) is 0 Å². The van der Waals surface area contributed by atoms with Gasteiger partial charge >= 0.3 is 0 Å². The van der Waals surface area contributed by atoms with E-state index in [1.165, 1.54) is 83.8 Å². The summed E-state index contributed by atoms with van der Waals surface area (Å²) in [5.41, 5.74) is 0.433. The number of halogens is 1. The summed E-state index contributed by atoms with van der Waals surface area (Å²) >= 11 is 6.22. The Morgan fingerprint density at radius 1 is 0.864 bits per heavy atom. The van der Waals surface area contributed by atoms with Gasteiger partial charge < -0.3 is 4.90 Å². The Labute approximate surface area is 142 Å². The number of piperazine rings is 1. The average molecular weight is 327 g/mol. The number of nitrogens with zero attached hydrogens (tertiary/aromatic N) is 2. The number of hydrogen-bond acceptors (Lipinski definition) is 2. The third kappa shape index (κ3) is 3.35. The van der Waals surface area contributed by atoms with E-state index in [1.54, 1.807) is 0 Å². The van der Waals surface area contributed by atoms with Crippen molar-refractivity contribution in [3.63, 3.8) is 0 Å². The molecule has 0 unspecified atom stereocenters. The zero-order valence-electron chi connectivity index (χ0n) is 14.5. The largest absolute Gasteiger partial charge is 0.303 e. The minimum absolute atomic E-state index is 0.433. The van der Waals surface area contributed by atoms with Crippen molar-refractivity contribution in [2.24, 2.45) is 11.8 Å². The van der Waals surface area contributed by atoms with Crippen LogP contribution >= 0.6 is 11.6 Å². The molecule has 0 atom stereocenters. The number of hydrogen-bond donors (Lipinski definition) is 0. The Morgan fingerprint density at radius 2 is 1.41 bits per heavy atom. The molecule has 3 rings (SSSR count). The van der Waals surface area contributed by atoms with E-state index in [2.05, 4.69) is 16.8 Å². The van der Waals surface area contributed by atoms with E-state index >= 15 is 0 Å². The van der Waals surface area contributed by atoms with Crippen LogP contribution in [0.5, 0.6) is 0 Å². The monoisotopic (exact) mass is 326 g/mol. The summed E-state index contributed by atoms with van der Waals surface area (Å²) in [6.07, 6.45) is 14.6. The van der Waals surface area contributed by atoms with E-state index in [0.717, 1.165) is 24.3 Å². The van der Waals surface area contributed by atoms with Crippen LogP contribution in [0.25, 0.3) is 0 Å². The molecule has 3 fully saturated rings. The van der Waals surface area contributed by atoms with Gasteiger partial charge in [-0.2, -0.15) is 0 Å². The lowest BCUT2D eigenvalue weighted by molar-refractivity contribution is -0.0883. The lowest BCUT2D eigenvalue weighted by Crippen LogP contribution is -2.69. The van der Waals surface area contributed by atoms with Gasteiger partial charge in [-0.1, -0.05) is 38.5 Å². The molecule has 3 aliphatic rings. The lowest BCUT2D eigenvalue weighted by atomic mass is 9.62. The Hall–Kier alpha value is 0.210. The molecule has 2 aliphatic carbocycles. The van der Waals surface area contributed by atoms with Crippen molar-refractivity contribution in [2.45, 2.75) is 69.7 Å². The van der Waals surface area contributed by atoms with Gasteiger partial charge in [-0.15, -0.1) is 11.6 Å². The quantitative estimate of drug-likeness (QED) is 0.708. The zero-order chi connectivity index (χ0) is 15.4. The molecule has 0 bridgehead atoms. The van der Waals surface area contributed by atoms with Crippen molar-refractivity contribution in [1.29, 1.82) is 0 Å². The maximum Gasteiger partial charge on any atom is 0.0393 e. The minimum Gasteiger partial charge on any atom is -0.303 e. The minimum atomic E-state index is 0.433. The SMILES string of the molecule is CN1CCN(CCCl)C(C2CCCCC2)(C2CCCCC2)C1. The molecule has 128 valence electrons. The first-order valence-electron chi connectivity index (χ1n) is 9.77. The van der Waals surface area contributed by atoms with Crippen LogP contribution < -0.4 is 0 Å². The Bertz CT molecular complexity index is 307. The van der Waals surface area contributed by atoms with Crippen molar-refractivity contribution in [3.8, 4) is 0 Å². The normalized spacial score (nSPS) is 29.7. The van der Waals surface area contributed by atoms with E-state index in [9.17, 15) is 0 Å². The second-order valence-corrected chi connectivity index (χ2v) is 8.45. The van der Waals surface area contributed by atoms with E-state index in [4.69, 9.17) is 11.6 Å². The third-order valence-electron chi connectivity index (χ3n) is 6.84. The predicted octanol–water partition coefficient (Wildman–Crippen LogP) is 4.37. The molecular weight excluding hydrogens is 292 g/mol. The van der Waals surface area contributed by atoms with Crippen LogP contribution in [0.1, 0.15) is 64.2 Å². The molecule has 1 aliphatic heterocycles. The number of likely N-dealkylation sites (N-methyl/N-ethyl adjacent to an activating group) is 1. The topological polar surface area (TPSA) is 6.48 Å². The fourth-order valence-electron chi connectivity index (χ4n) is 5.85. The fourth-order valence-corrected chi connectivity index (χ4v) is 6.05. The van der Waals surface area contributed by atoms with E-state index in [-0.39, 0.29) is 0 Å². The van der Waals surface area contributed by atoms with Crippen LogP contribution in [0.2, 0.25) is 0 Å². The van der Waals surface area contributed by atoms with Crippen LogP contribution in [-0.4, -0.2) is 54.4 Å². The van der Waals surface area contributed by atoms with Gasteiger partial charge in [0.1, 0.15) is 0 Å². The molecular formula is C19H35ClN2. The summed E-state index contributed by atoms with van der Waals surface area (Å²) in [4.78, 5) is 5.47. The maximum absolute atomic E-state index is 6.22. The number of rotatable bonds is 4. The molecule has 0 aromatic carbocycles. The first-order valence-corrected chi connectivity index (χ1v) is 10.3. The van der Waals surface area contributed by atoms with Crippen LogP contribution in [0.4, 0.5) is 0 Å². The summed E-state index contributed by atoms with van der Waals surface area (Å²) in [6.45, 7) is 4.84. The Morgan fingerprint density at radius 3 is 1.91 bits per heavy atom. The molecule has 3 heteroatoms. The first kappa shape index (κ1) is 17.0. The second-order valence-electron chi connectivity index (χ2n) is 8.07. The molecule has 2 saturated carbocycles. The second kappa shape index (κ2) is 7.85. The zero-order valence-corrected chi connectivity index (χ0v) is 15.3. The van der Waals surface area contributed by atoms with Crippen molar-refractivity contribution >= 4 is 11.6 Å². The van der Waals surface area contributed by atoms with Gasteiger partial charge in [-0.3, -0.25) is 4.90 Å². The summed E-state index contributed by atoms with van der Waals surface area (Å²) < 4.78 is 0. The Kier molecular flexibility index (Phi) is 6.09. The molecule has 0 radical (unpaired) electrons. The molecule has 22 heavy (non-hydrogen) atoms. The standard InChI is InChI=1S/C19H35ClN2/c1-21-14-15-22(13-12-20)19(16-21,17-8-4-2-5-9-17)18-10-6-3-7-11-18/h17-18H,2-16H2,1H3. The molecule has 0 spiro atoms. The van der Waals surface area contributed by atoms with Gasteiger partial charge in [-0.25, -0.2) is 0 Å². The molecule has 0 amide bonds. The van der Waals surface area contributed by atoms with Crippen LogP contribution in [-0.2, 0) is 0 Å². The molecule has 0 aromatic heterocycles. The molecule has 0 aromatic rings. The highest BCUT2D eigenvalue weighted by atomic mass is 35.5. The summed E-state index contributed by atoms with van der Waals surface area (Å²) in [5, 5.41) is 0. The predicted molar refractivity (Wildman–Crippen MR) is 95.7 cm³/mol. The summed E-state index contributed by atoms with van der Waals surface area (Å²) in [5.74, 6) is 2.62. The van der Waals surface area contributed by atoms with Crippen LogP contribution in [0.15, 0.2) is 0 Å². The van der Waals surface area contributed by atoms with Crippen LogP contribution in [0, 0.1) is 11.8 Å². The summed E-state index contributed by atoms with van der Waals surface area (Å²) in [6, 6.07) is 0. The maximum atomic E-state index is 6.22. The van der Waals surface area contributed by atoms with Crippen LogP contribution in [0.3, 0.4) is 0 Å². The smallest absolute Gasteiger partial charge is 0.0393 e. The molecule has 1 heterocycles. The highest BCUT2D eigenvalue weighted by molar-refractivity contribution is 6.18. The number of alkyl halides is 1. The van der Waals surface area contributed by atoms with Gasteiger partial charge in [0.2, 0.25) is 0 Å². The fraction of sp³-hybridized carbons (Fsp3) is 1.00. The van der Waals surface area contributed by atoms with Crippen molar-refractivity contribution in [1.82, 2.24) is 9.80 Å². The van der Waals surface area contributed by atoms with Crippen molar-refractivity contribution in [3.05, 3.63) is 0 Å². The molecule has 2 nitrogen and oxygen atoms in total. The first-order chi connectivity index (χ1) is 10.8. The molecule has 0 N–H and O–H groups in total. The van der Waals surface area contributed by atoms with E-state index in [1.807, 2.05) is 0 Å². The highest BCUT2D eigenvalue weighted by Crippen LogP contribution is 2.47. The Balaban J connectivity index is 1.90. The third-order valence-corrected chi connectivity index (χ3v) is 7.01.